The largest absolute Gasteiger partial charge is 0.478 e. The van der Waals surface area contributed by atoms with E-state index in [2.05, 4.69) is 55.6 Å². The van der Waals surface area contributed by atoms with Gasteiger partial charge in [-0.1, -0.05) is 74.5 Å². The van der Waals surface area contributed by atoms with Gasteiger partial charge in [0.05, 0.1) is 5.56 Å². The van der Waals surface area contributed by atoms with E-state index in [1.165, 1.54) is 16.7 Å². The smallest absolute Gasteiger partial charge is 0.337 e. The van der Waals surface area contributed by atoms with Gasteiger partial charge < -0.3 is 10.4 Å². The van der Waals surface area contributed by atoms with E-state index < -0.39 is 5.97 Å². The van der Waals surface area contributed by atoms with Crippen molar-refractivity contribution in [3.63, 3.8) is 0 Å². The van der Waals surface area contributed by atoms with E-state index in [9.17, 15) is 9.90 Å². The maximum Gasteiger partial charge on any atom is 0.337 e. The molecule has 0 aromatic heterocycles. The van der Waals surface area contributed by atoms with Crippen molar-refractivity contribution in [1.29, 1.82) is 0 Å². The number of benzene rings is 3. The highest BCUT2D eigenvalue weighted by atomic mass is 16.4. The van der Waals surface area contributed by atoms with Crippen LogP contribution in [0.1, 0.15) is 46.5 Å². The summed E-state index contributed by atoms with van der Waals surface area (Å²) in [5, 5.41) is 12.9. The normalized spacial score (nSPS) is 10.9. The number of nitrogens with one attached hydrogen (secondary N) is 1. The van der Waals surface area contributed by atoms with Crippen molar-refractivity contribution < 1.29 is 9.90 Å². The number of hydrogen-bond donors (Lipinski definition) is 2. The van der Waals surface area contributed by atoms with Gasteiger partial charge in [0.15, 0.2) is 0 Å². The molecular weight excluding hydrogens is 370 g/mol. The minimum absolute atomic E-state index is 0.325. The molecule has 3 aromatic carbocycles. The van der Waals surface area contributed by atoms with Crippen molar-refractivity contribution in [3.05, 3.63) is 101 Å². The number of aryl methyl sites for hydroxylation is 2. The molecule has 0 radical (unpaired) electrons. The monoisotopic (exact) mass is 401 g/mol. The Morgan fingerprint density at radius 1 is 0.800 bits per heavy atom. The molecule has 30 heavy (non-hydrogen) atoms. The number of carbonyl (C=O) groups is 1. The number of rotatable bonds is 10. The maximum atomic E-state index is 11.6. The molecule has 0 saturated heterocycles. The summed E-state index contributed by atoms with van der Waals surface area (Å²) < 4.78 is 0. The quantitative estimate of drug-likeness (QED) is 0.436. The van der Waals surface area contributed by atoms with E-state index in [1.54, 1.807) is 6.07 Å². The zero-order chi connectivity index (χ0) is 21.3. The molecule has 0 amide bonds. The van der Waals surface area contributed by atoms with E-state index in [-0.39, 0.29) is 0 Å². The number of carboxylic acids is 1. The van der Waals surface area contributed by atoms with E-state index in [1.807, 2.05) is 30.3 Å². The summed E-state index contributed by atoms with van der Waals surface area (Å²) in [6.07, 6.45) is 3.78. The third kappa shape index (κ3) is 6.48. The van der Waals surface area contributed by atoms with Gasteiger partial charge in [-0.15, -0.1) is 0 Å². The van der Waals surface area contributed by atoms with E-state index in [0.717, 1.165) is 31.2 Å². The Labute approximate surface area is 179 Å². The van der Waals surface area contributed by atoms with Gasteiger partial charge in [0.2, 0.25) is 0 Å². The van der Waals surface area contributed by atoms with Gasteiger partial charge in [-0.25, -0.2) is 4.79 Å². The van der Waals surface area contributed by atoms with Crippen molar-refractivity contribution in [2.45, 2.75) is 39.5 Å². The molecule has 0 bridgehead atoms. The van der Waals surface area contributed by atoms with E-state index in [0.29, 0.717) is 23.7 Å². The zero-order valence-corrected chi connectivity index (χ0v) is 17.9. The molecular formula is C27H31NO2. The fourth-order valence-corrected chi connectivity index (χ4v) is 3.74. The summed E-state index contributed by atoms with van der Waals surface area (Å²) in [5.41, 5.74) is 6.12. The molecule has 3 aromatic rings. The Hall–Kier alpha value is -3.07. The van der Waals surface area contributed by atoms with Crippen molar-refractivity contribution in [2.75, 3.05) is 11.9 Å². The van der Waals surface area contributed by atoms with Crippen LogP contribution in [0.4, 0.5) is 5.69 Å². The Kier molecular flexibility index (Phi) is 7.67. The third-order valence-electron chi connectivity index (χ3n) is 5.22. The van der Waals surface area contributed by atoms with Crippen molar-refractivity contribution in [3.8, 4) is 0 Å². The maximum absolute atomic E-state index is 11.6. The summed E-state index contributed by atoms with van der Waals surface area (Å²) in [7, 11) is 0. The second-order valence-corrected chi connectivity index (χ2v) is 8.27. The van der Waals surface area contributed by atoms with Crippen molar-refractivity contribution in [1.82, 2.24) is 0 Å². The first-order chi connectivity index (χ1) is 14.5. The number of carboxylic acid groups (broad SMARTS) is 1. The average molecular weight is 402 g/mol. The summed E-state index contributed by atoms with van der Waals surface area (Å²) in [6.45, 7) is 5.18. The average Bonchev–Trinajstić information content (AvgIpc) is 2.73. The number of aromatic carboxylic acids is 1. The topological polar surface area (TPSA) is 49.3 Å². The first-order valence-corrected chi connectivity index (χ1v) is 10.7. The minimum Gasteiger partial charge on any atom is -0.478 e. The molecule has 0 unspecified atom stereocenters. The van der Waals surface area contributed by atoms with Crippen LogP contribution < -0.4 is 5.32 Å². The van der Waals surface area contributed by atoms with E-state index >= 15 is 0 Å². The zero-order valence-electron chi connectivity index (χ0n) is 17.9. The highest BCUT2D eigenvalue weighted by Gasteiger charge is 2.11. The van der Waals surface area contributed by atoms with Crippen LogP contribution in [0.25, 0.3) is 0 Å². The van der Waals surface area contributed by atoms with Crippen LogP contribution in [-0.4, -0.2) is 17.6 Å². The molecule has 3 heteroatoms. The van der Waals surface area contributed by atoms with Crippen LogP contribution in [0.5, 0.6) is 0 Å². The molecule has 0 aliphatic carbocycles. The Balaban J connectivity index is 1.65. The first kappa shape index (κ1) is 21.6. The Morgan fingerprint density at radius 3 is 2.17 bits per heavy atom. The second-order valence-electron chi connectivity index (χ2n) is 8.27. The fraction of sp³-hybridized carbons (Fsp3) is 0.296. The lowest BCUT2D eigenvalue weighted by atomic mass is 9.97. The van der Waals surface area contributed by atoms with Gasteiger partial charge in [-0.2, -0.15) is 0 Å². The van der Waals surface area contributed by atoms with Crippen LogP contribution in [0, 0.1) is 5.92 Å². The van der Waals surface area contributed by atoms with Gasteiger partial charge >= 0.3 is 5.97 Å². The number of hydrogen-bond acceptors (Lipinski definition) is 2. The second kappa shape index (κ2) is 10.6. The molecule has 156 valence electrons. The summed E-state index contributed by atoms with van der Waals surface area (Å²) in [6, 6.07) is 24.7. The van der Waals surface area contributed by atoms with Crippen molar-refractivity contribution >= 4 is 11.7 Å². The standard InChI is InChI=1S/C27H31NO2/c1-20(2)17-24-10-6-9-22(18-24)11-12-23-13-14-25(27(29)30)26(19-23)28-16-15-21-7-4-3-5-8-21/h3-10,13-14,18-20,28H,11-12,15-17H2,1-2H3,(H,29,30). The highest BCUT2D eigenvalue weighted by molar-refractivity contribution is 5.94. The van der Waals surface area contributed by atoms with Crippen LogP contribution in [-0.2, 0) is 25.7 Å². The molecule has 2 N–H and O–H groups in total. The third-order valence-corrected chi connectivity index (χ3v) is 5.22. The minimum atomic E-state index is -0.898. The molecule has 0 fully saturated rings. The van der Waals surface area contributed by atoms with Crippen LogP contribution in [0.3, 0.4) is 0 Å². The van der Waals surface area contributed by atoms with Crippen molar-refractivity contribution in [2.24, 2.45) is 5.92 Å². The molecule has 0 saturated carbocycles. The molecule has 3 nitrogen and oxygen atoms in total. The molecule has 0 heterocycles. The Morgan fingerprint density at radius 2 is 1.47 bits per heavy atom. The summed E-state index contributed by atoms with van der Waals surface area (Å²) >= 11 is 0. The van der Waals surface area contributed by atoms with Crippen LogP contribution >= 0.6 is 0 Å². The van der Waals surface area contributed by atoms with Gasteiger partial charge in [0.25, 0.3) is 0 Å². The lowest BCUT2D eigenvalue weighted by Gasteiger charge is -2.12. The van der Waals surface area contributed by atoms with E-state index in [4.69, 9.17) is 0 Å². The number of anilines is 1. The molecule has 0 atom stereocenters. The van der Waals surface area contributed by atoms with Crippen LogP contribution in [0.2, 0.25) is 0 Å². The van der Waals surface area contributed by atoms with Gasteiger partial charge in [0, 0.05) is 12.2 Å². The predicted molar refractivity (Wildman–Crippen MR) is 124 cm³/mol. The lowest BCUT2D eigenvalue weighted by Crippen LogP contribution is -2.10. The van der Waals surface area contributed by atoms with Gasteiger partial charge in [-0.05, 0) is 66.0 Å². The van der Waals surface area contributed by atoms with Crippen LogP contribution in [0.15, 0.2) is 72.8 Å². The summed E-state index contributed by atoms with van der Waals surface area (Å²) in [4.78, 5) is 11.6. The van der Waals surface area contributed by atoms with Gasteiger partial charge in [0.1, 0.15) is 0 Å². The van der Waals surface area contributed by atoms with Gasteiger partial charge in [-0.3, -0.25) is 0 Å². The predicted octanol–water partition coefficient (Wildman–Crippen LogP) is 6.02. The first-order valence-electron chi connectivity index (χ1n) is 10.7. The highest BCUT2D eigenvalue weighted by Crippen LogP contribution is 2.20. The Bertz CT molecular complexity index is 964. The fourth-order valence-electron chi connectivity index (χ4n) is 3.74. The lowest BCUT2D eigenvalue weighted by molar-refractivity contribution is 0.0698. The summed E-state index contributed by atoms with van der Waals surface area (Å²) in [5.74, 6) is -0.251. The molecule has 0 aliphatic rings. The molecule has 0 spiro atoms. The molecule has 3 rings (SSSR count). The SMILES string of the molecule is CC(C)Cc1cccc(CCc2ccc(C(=O)O)c(NCCc3ccccc3)c2)c1. The molecule has 0 aliphatic heterocycles.